The van der Waals surface area contributed by atoms with Gasteiger partial charge in [0.15, 0.2) is 4.75 Å². The van der Waals surface area contributed by atoms with E-state index in [0.717, 1.165) is 25.1 Å². The van der Waals surface area contributed by atoms with Crippen molar-refractivity contribution in [3.63, 3.8) is 0 Å². The summed E-state index contributed by atoms with van der Waals surface area (Å²) in [6, 6.07) is 8.62. The van der Waals surface area contributed by atoms with Gasteiger partial charge in [0.1, 0.15) is 17.3 Å². The normalized spacial score (nSPS) is 14.6. The molecule has 3 aromatic rings. The zero-order chi connectivity index (χ0) is 32.4. The molecule has 1 amide bonds. The van der Waals surface area contributed by atoms with E-state index in [9.17, 15) is 26.9 Å². The van der Waals surface area contributed by atoms with Gasteiger partial charge < -0.3 is 20.5 Å². The third kappa shape index (κ3) is 7.67. The second-order valence-electron chi connectivity index (χ2n) is 11.1. The van der Waals surface area contributed by atoms with E-state index in [1.54, 1.807) is 44.2 Å². The molecule has 3 N–H and O–H groups in total. The molecule has 0 saturated carbocycles. The van der Waals surface area contributed by atoms with Crippen molar-refractivity contribution >= 4 is 40.6 Å². The molecule has 232 valence electrons. The molecule has 0 bridgehead atoms. The van der Waals surface area contributed by atoms with Crippen LogP contribution in [0.3, 0.4) is 0 Å². The van der Waals surface area contributed by atoms with Crippen LogP contribution < -0.4 is 16.0 Å². The van der Waals surface area contributed by atoms with Crippen molar-refractivity contribution in [2.75, 3.05) is 24.2 Å². The van der Waals surface area contributed by atoms with Gasteiger partial charge >= 0.3 is 0 Å². The van der Waals surface area contributed by atoms with Crippen molar-refractivity contribution in [1.82, 2.24) is 10.3 Å². The van der Waals surface area contributed by atoms with Crippen LogP contribution >= 0.6 is 11.6 Å². The Balaban J connectivity index is 1.98. The molecule has 0 spiro atoms. The molecule has 0 radical (unpaired) electrons. The highest BCUT2D eigenvalue weighted by molar-refractivity contribution is 7.92. The first-order valence-electron chi connectivity index (χ1n) is 13.5. The first-order valence-corrected chi connectivity index (χ1v) is 15.5. The predicted molar refractivity (Wildman–Crippen MR) is 167 cm³/mol. The van der Waals surface area contributed by atoms with Crippen molar-refractivity contribution in [2.45, 2.75) is 43.9 Å². The van der Waals surface area contributed by atoms with Crippen LogP contribution in [0.25, 0.3) is 16.8 Å². The van der Waals surface area contributed by atoms with Crippen molar-refractivity contribution < 1.29 is 26.9 Å². The summed E-state index contributed by atoms with van der Waals surface area (Å²) >= 11 is 5.25. The second kappa shape index (κ2) is 13.1. The molecule has 0 aliphatic carbocycles. The van der Waals surface area contributed by atoms with E-state index in [1.807, 2.05) is 0 Å². The van der Waals surface area contributed by atoms with Gasteiger partial charge in [-0.3, -0.25) is 4.79 Å². The SMILES string of the molecule is C[S+]([O-])C(C)(C)C#Cc1ccc(-c2ccc(Cl)c3c2N(CC(C)(F)F)CC=C3N)c(C(Cc2cc(F)cc(F)c2)NC=O)n1. The summed E-state index contributed by atoms with van der Waals surface area (Å²) in [6.45, 7) is 3.70. The van der Waals surface area contributed by atoms with Crippen LogP contribution in [0.4, 0.5) is 23.2 Å². The highest BCUT2D eigenvalue weighted by Crippen LogP contribution is 2.44. The Kier molecular flexibility index (Phi) is 9.88. The highest BCUT2D eigenvalue weighted by Gasteiger charge is 2.32. The number of carbonyl (C=O) groups excluding carboxylic acids is 1. The van der Waals surface area contributed by atoms with Crippen molar-refractivity contribution in [1.29, 1.82) is 0 Å². The van der Waals surface area contributed by atoms with Crippen LogP contribution in [0.15, 0.2) is 48.5 Å². The number of rotatable bonds is 9. The summed E-state index contributed by atoms with van der Waals surface area (Å²) in [7, 11) is 0. The number of alkyl halides is 2. The quantitative estimate of drug-likeness (QED) is 0.129. The fourth-order valence-electron chi connectivity index (χ4n) is 4.87. The number of fused-ring (bicyclic) bond motifs is 1. The fraction of sp³-hybridized carbons (Fsp3) is 0.312. The van der Waals surface area contributed by atoms with Gasteiger partial charge in [0, 0.05) is 41.9 Å². The number of aromatic nitrogens is 1. The number of amides is 1. The lowest BCUT2D eigenvalue weighted by atomic mass is 9.90. The third-order valence-electron chi connectivity index (χ3n) is 7.12. The number of hydrogen-bond acceptors (Lipinski definition) is 5. The summed E-state index contributed by atoms with van der Waals surface area (Å²) in [5.74, 6) is 1.24. The van der Waals surface area contributed by atoms with Gasteiger partial charge in [-0.25, -0.2) is 22.5 Å². The number of anilines is 1. The van der Waals surface area contributed by atoms with E-state index >= 15 is 0 Å². The molecule has 6 nitrogen and oxygen atoms in total. The van der Waals surface area contributed by atoms with Gasteiger partial charge in [-0.1, -0.05) is 17.7 Å². The first kappa shape index (κ1) is 33.2. The molecule has 1 aromatic heterocycles. The molecule has 1 aliphatic heterocycles. The molecule has 2 heterocycles. The lowest BCUT2D eigenvalue weighted by Gasteiger charge is -2.34. The zero-order valence-electron chi connectivity index (χ0n) is 24.5. The summed E-state index contributed by atoms with van der Waals surface area (Å²) < 4.78 is 68.2. The summed E-state index contributed by atoms with van der Waals surface area (Å²) in [5.41, 5.74) is 8.97. The van der Waals surface area contributed by atoms with Crippen LogP contribution in [0, 0.1) is 23.5 Å². The highest BCUT2D eigenvalue weighted by atomic mass is 35.5. The minimum atomic E-state index is -3.06. The Morgan fingerprint density at radius 1 is 1.16 bits per heavy atom. The van der Waals surface area contributed by atoms with E-state index in [0.29, 0.717) is 34.5 Å². The smallest absolute Gasteiger partial charge is 0.262 e. The lowest BCUT2D eigenvalue weighted by Crippen LogP contribution is -2.38. The molecule has 4 rings (SSSR count). The molecular weight excluding hydrogens is 616 g/mol. The molecule has 1 aliphatic rings. The van der Waals surface area contributed by atoms with E-state index < -0.39 is 46.1 Å². The molecule has 2 aromatic carbocycles. The van der Waals surface area contributed by atoms with Gasteiger partial charge in [0.2, 0.25) is 6.41 Å². The second-order valence-corrected chi connectivity index (χ2v) is 13.4. The minimum Gasteiger partial charge on any atom is -0.615 e. The maximum absolute atomic E-state index is 14.4. The maximum Gasteiger partial charge on any atom is 0.262 e. The molecular formula is C32H31ClF4N4O2S. The Labute approximate surface area is 261 Å². The molecule has 12 heteroatoms. The molecule has 0 fully saturated rings. The number of halogens is 5. The number of nitrogens with one attached hydrogen (secondary N) is 1. The Hall–Kier alpha value is -3.72. The standard InChI is InChI=1S/C32H31ClF4N4O2S/c1-31(2,44(4)43)11-9-22-5-6-23(29(40-22)27(39-18-42)15-19-13-20(34)16-21(35)14-19)24-7-8-25(33)28-26(38)10-12-41(30(24)28)17-32(3,36)37/h5-8,10,13-14,16,18,27H,12,15,17,38H2,1-4H3,(H,39,42). The molecule has 2 unspecified atom stereocenters. The van der Waals surface area contributed by atoms with Crippen molar-refractivity contribution in [3.8, 4) is 23.0 Å². The summed E-state index contributed by atoms with van der Waals surface area (Å²) in [5, 5.41) is 2.94. The van der Waals surface area contributed by atoms with Crippen LogP contribution in [-0.4, -0.2) is 46.0 Å². The number of benzene rings is 2. The Bertz CT molecular complexity index is 1640. The number of nitrogens with two attached hydrogens (primary N) is 1. The Morgan fingerprint density at radius 3 is 2.43 bits per heavy atom. The van der Waals surface area contributed by atoms with Gasteiger partial charge in [-0.05, 0) is 85.3 Å². The number of hydrogen-bond donors (Lipinski definition) is 2. The maximum atomic E-state index is 14.4. The van der Waals surface area contributed by atoms with E-state index in [2.05, 4.69) is 17.2 Å². The largest absolute Gasteiger partial charge is 0.615 e. The topological polar surface area (TPSA) is 94.3 Å². The fourth-order valence-corrected chi connectivity index (χ4v) is 5.33. The van der Waals surface area contributed by atoms with E-state index in [-0.39, 0.29) is 34.9 Å². The van der Waals surface area contributed by atoms with Crippen LogP contribution in [0.1, 0.15) is 49.3 Å². The van der Waals surface area contributed by atoms with Crippen LogP contribution in [0.2, 0.25) is 5.02 Å². The van der Waals surface area contributed by atoms with Gasteiger partial charge in [0.05, 0.1) is 35.2 Å². The van der Waals surface area contributed by atoms with Gasteiger partial charge in [-0.2, -0.15) is 0 Å². The molecule has 44 heavy (non-hydrogen) atoms. The average molecular weight is 647 g/mol. The Morgan fingerprint density at radius 2 is 1.82 bits per heavy atom. The van der Waals surface area contributed by atoms with Crippen molar-refractivity contribution in [2.24, 2.45) is 5.73 Å². The summed E-state index contributed by atoms with van der Waals surface area (Å²) in [6.07, 6.45) is 3.52. The lowest BCUT2D eigenvalue weighted by molar-refractivity contribution is -0.110. The number of carbonyl (C=O) groups is 1. The minimum absolute atomic E-state index is 0.0661. The zero-order valence-corrected chi connectivity index (χ0v) is 26.1. The van der Waals surface area contributed by atoms with Gasteiger partial charge in [0.25, 0.3) is 5.92 Å². The molecule has 2 atom stereocenters. The van der Waals surface area contributed by atoms with Crippen LogP contribution in [0.5, 0.6) is 0 Å². The third-order valence-corrected chi connectivity index (χ3v) is 8.97. The number of pyridine rings is 1. The van der Waals surface area contributed by atoms with Crippen molar-refractivity contribution in [3.05, 3.63) is 87.7 Å². The monoisotopic (exact) mass is 646 g/mol. The average Bonchev–Trinajstić information content (AvgIpc) is 2.92. The summed E-state index contributed by atoms with van der Waals surface area (Å²) in [4.78, 5) is 18.0. The van der Waals surface area contributed by atoms with E-state index in [4.69, 9.17) is 22.3 Å². The van der Waals surface area contributed by atoms with Gasteiger partial charge in [-0.15, -0.1) is 0 Å². The van der Waals surface area contributed by atoms with E-state index in [1.165, 1.54) is 11.2 Å². The molecule has 0 saturated heterocycles. The first-order chi connectivity index (χ1) is 20.6. The van der Waals surface area contributed by atoms with Crippen LogP contribution in [-0.2, 0) is 22.4 Å². The predicted octanol–water partition coefficient (Wildman–Crippen LogP) is 5.99. The number of nitrogens with zero attached hydrogens (tertiary/aromatic N) is 2.